The van der Waals surface area contributed by atoms with Crippen molar-refractivity contribution in [1.82, 2.24) is 15.5 Å². The molecule has 0 radical (unpaired) electrons. The number of urea groups is 1. The van der Waals surface area contributed by atoms with Gasteiger partial charge in [0.25, 0.3) is 11.8 Å². The molecule has 8 nitrogen and oxygen atoms in total. The van der Waals surface area contributed by atoms with Gasteiger partial charge in [0.2, 0.25) is 0 Å². The first-order valence-electron chi connectivity index (χ1n) is 9.05. The molecule has 3 aliphatic rings. The van der Waals surface area contributed by atoms with Crippen LogP contribution in [0.15, 0.2) is 0 Å². The zero-order chi connectivity index (χ0) is 18.0. The maximum absolute atomic E-state index is 12.5. The largest absolute Gasteiger partial charge is 0.453 e. The molecule has 3 fully saturated rings. The third-order valence-corrected chi connectivity index (χ3v) is 5.07. The summed E-state index contributed by atoms with van der Waals surface area (Å²) in [6.07, 6.45) is 4.75. The van der Waals surface area contributed by atoms with Gasteiger partial charge in [0.1, 0.15) is 5.54 Å². The molecule has 1 atom stereocenters. The monoisotopic (exact) mass is 351 g/mol. The molecule has 4 amide bonds. The van der Waals surface area contributed by atoms with E-state index in [9.17, 15) is 19.2 Å². The minimum absolute atomic E-state index is 0.0606. The number of nitrogens with zero attached hydrogens (tertiary/aromatic N) is 1. The van der Waals surface area contributed by atoms with Gasteiger partial charge in [-0.05, 0) is 39.0 Å². The molecular formula is C17H25N3O5. The van der Waals surface area contributed by atoms with E-state index in [1.807, 2.05) is 0 Å². The van der Waals surface area contributed by atoms with Crippen LogP contribution in [0.1, 0.15) is 58.3 Å². The second kappa shape index (κ2) is 7.01. The van der Waals surface area contributed by atoms with Crippen LogP contribution < -0.4 is 10.6 Å². The summed E-state index contributed by atoms with van der Waals surface area (Å²) in [5.41, 5.74) is -0.715. The molecule has 25 heavy (non-hydrogen) atoms. The van der Waals surface area contributed by atoms with Gasteiger partial charge in [-0.2, -0.15) is 0 Å². The van der Waals surface area contributed by atoms with Gasteiger partial charge in [-0.3, -0.25) is 19.3 Å². The van der Waals surface area contributed by atoms with Crippen molar-refractivity contribution in [3.8, 4) is 0 Å². The molecule has 0 aromatic heterocycles. The highest BCUT2D eigenvalue weighted by atomic mass is 16.5. The Morgan fingerprint density at radius 2 is 2.00 bits per heavy atom. The number of ether oxygens (including phenoxy) is 1. The normalized spacial score (nSPS) is 22.8. The zero-order valence-corrected chi connectivity index (χ0v) is 14.5. The number of carbonyl (C=O) groups excluding carboxylic acids is 4. The van der Waals surface area contributed by atoms with E-state index in [2.05, 4.69) is 10.6 Å². The average molecular weight is 351 g/mol. The first-order chi connectivity index (χ1) is 11.9. The van der Waals surface area contributed by atoms with Gasteiger partial charge >= 0.3 is 12.0 Å². The molecule has 2 N–H and O–H groups in total. The molecule has 2 aliphatic carbocycles. The van der Waals surface area contributed by atoms with Crippen molar-refractivity contribution < 1.29 is 23.9 Å². The Kier molecular flexibility index (Phi) is 4.96. The van der Waals surface area contributed by atoms with Crippen LogP contribution in [0.4, 0.5) is 4.79 Å². The van der Waals surface area contributed by atoms with Gasteiger partial charge in [-0.25, -0.2) is 4.79 Å². The molecule has 2 saturated carbocycles. The van der Waals surface area contributed by atoms with E-state index in [4.69, 9.17) is 4.74 Å². The van der Waals surface area contributed by atoms with Crippen LogP contribution in [0.5, 0.6) is 0 Å². The SMILES string of the molecule is C[C@@H](OC(=O)CCCN1C(=O)NC2(CCCC2)C1=O)C(=O)NC1CC1. The van der Waals surface area contributed by atoms with E-state index < -0.39 is 17.6 Å². The number of esters is 1. The summed E-state index contributed by atoms with van der Waals surface area (Å²) in [6.45, 7) is 1.72. The van der Waals surface area contributed by atoms with Gasteiger partial charge in [0.05, 0.1) is 0 Å². The van der Waals surface area contributed by atoms with Crippen molar-refractivity contribution in [1.29, 1.82) is 0 Å². The van der Waals surface area contributed by atoms with Gasteiger partial charge < -0.3 is 15.4 Å². The van der Waals surface area contributed by atoms with Crippen LogP contribution in [0.2, 0.25) is 0 Å². The molecule has 1 aliphatic heterocycles. The van der Waals surface area contributed by atoms with Crippen molar-refractivity contribution in [3.05, 3.63) is 0 Å². The molecule has 3 rings (SSSR count). The lowest BCUT2D eigenvalue weighted by Gasteiger charge is -2.20. The fraction of sp³-hybridized carbons (Fsp3) is 0.765. The smallest absolute Gasteiger partial charge is 0.325 e. The lowest BCUT2D eigenvalue weighted by molar-refractivity contribution is -0.155. The van der Waals surface area contributed by atoms with Gasteiger partial charge in [-0.1, -0.05) is 12.8 Å². The van der Waals surface area contributed by atoms with Crippen molar-refractivity contribution in [2.45, 2.75) is 76.0 Å². The quantitative estimate of drug-likeness (QED) is 0.522. The van der Waals surface area contributed by atoms with E-state index in [0.29, 0.717) is 19.3 Å². The number of nitrogens with one attached hydrogen (secondary N) is 2. The first kappa shape index (κ1) is 17.7. The van der Waals surface area contributed by atoms with Crippen molar-refractivity contribution in [2.75, 3.05) is 6.54 Å². The van der Waals surface area contributed by atoms with Crippen molar-refractivity contribution >= 4 is 23.8 Å². The number of amides is 4. The lowest BCUT2D eigenvalue weighted by atomic mass is 9.98. The Morgan fingerprint density at radius 3 is 2.64 bits per heavy atom. The number of imide groups is 1. The van der Waals surface area contributed by atoms with Gasteiger partial charge in [0.15, 0.2) is 6.10 Å². The van der Waals surface area contributed by atoms with Crippen molar-refractivity contribution in [3.63, 3.8) is 0 Å². The zero-order valence-electron chi connectivity index (χ0n) is 14.5. The predicted molar refractivity (Wildman–Crippen MR) is 87.4 cm³/mol. The van der Waals surface area contributed by atoms with Crippen molar-refractivity contribution in [2.24, 2.45) is 0 Å². The van der Waals surface area contributed by atoms with Crippen LogP contribution in [-0.4, -0.2) is 52.9 Å². The molecular weight excluding hydrogens is 326 g/mol. The fourth-order valence-electron chi connectivity index (χ4n) is 3.43. The van der Waals surface area contributed by atoms with Crippen LogP contribution in [0.3, 0.4) is 0 Å². The van der Waals surface area contributed by atoms with Gasteiger partial charge in [-0.15, -0.1) is 0 Å². The van der Waals surface area contributed by atoms with E-state index in [0.717, 1.165) is 25.7 Å². The Morgan fingerprint density at radius 1 is 1.32 bits per heavy atom. The maximum Gasteiger partial charge on any atom is 0.325 e. The second-order valence-corrected chi connectivity index (χ2v) is 7.19. The third kappa shape index (κ3) is 3.93. The predicted octanol–water partition coefficient (Wildman–Crippen LogP) is 0.841. The number of hydrogen-bond acceptors (Lipinski definition) is 5. The summed E-state index contributed by atoms with van der Waals surface area (Å²) in [5.74, 6) is -0.963. The molecule has 0 bridgehead atoms. The summed E-state index contributed by atoms with van der Waals surface area (Å²) >= 11 is 0. The van der Waals surface area contributed by atoms with E-state index in [1.54, 1.807) is 0 Å². The highest BCUT2D eigenvalue weighted by Gasteiger charge is 2.52. The topological polar surface area (TPSA) is 105 Å². The van der Waals surface area contributed by atoms with E-state index >= 15 is 0 Å². The molecule has 1 heterocycles. The number of carbonyl (C=O) groups is 4. The lowest BCUT2D eigenvalue weighted by Crippen LogP contribution is -2.44. The third-order valence-electron chi connectivity index (χ3n) is 5.07. The standard InChI is InChI=1S/C17H25N3O5/c1-11(14(22)18-12-6-7-12)25-13(21)5-4-10-20-15(23)17(19-16(20)24)8-2-3-9-17/h11-12H,2-10H2,1H3,(H,18,22)(H,19,24)/t11-/m1/s1. The van der Waals surface area contributed by atoms with Crippen LogP contribution in [-0.2, 0) is 19.1 Å². The summed E-state index contributed by atoms with van der Waals surface area (Å²) in [4.78, 5) is 49.3. The summed E-state index contributed by atoms with van der Waals surface area (Å²) in [7, 11) is 0. The van der Waals surface area contributed by atoms with E-state index in [1.165, 1.54) is 11.8 Å². The molecule has 8 heteroatoms. The molecule has 0 unspecified atom stereocenters. The maximum atomic E-state index is 12.5. The summed E-state index contributed by atoms with van der Waals surface area (Å²) in [6, 6.07) is -0.159. The molecule has 0 aromatic rings. The average Bonchev–Trinajstić information content (AvgIpc) is 3.19. The summed E-state index contributed by atoms with van der Waals surface area (Å²) < 4.78 is 5.10. The number of rotatable bonds is 7. The van der Waals surface area contributed by atoms with Crippen LogP contribution in [0, 0.1) is 0 Å². The number of hydrogen-bond donors (Lipinski definition) is 2. The van der Waals surface area contributed by atoms with Crippen LogP contribution >= 0.6 is 0 Å². The summed E-state index contributed by atoms with van der Waals surface area (Å²) in [5, 5.41) is 5.58. The molecule has 1 saturated heterocycles. The minimum atomic E-state index is -0.827. The highest BCUT2D eigenvalue weighted by Crippen LogP contribution is 2.35. The fourth-order valence-corrected chi connectivity index (χ4v) is 3.43. The van der Waals surface area contributed by atoms with Gasteiger partial charge in [0, 0.05) is 19.0 Å². The van der Waals surface area contributed by atoms with E-state index in [-0.39, 0.29) is 36.9 Å². The van der Waals surface area contributed by atoms with Crippen LogP contribution in [0.25, 0.3) is 0 Å². The highest BCUT2D eigenvalue weighted by molar-refractivity contribution is 6.07. The first-order valence-corrected chi connectivity index (χ1v) is 9.05. The Balaban J connectivity index is 1.40. The minimum Gasteiger partial charge on any atom is -0.453 e. The second-order valence-electron chi connectivity index (χ2n) is 7.19. The Bertz CT molecular complexity index is 581. The molecule has 0 aromatic carbocycles. The molecule has 1 spiro atoms. The Labute approximate surface area is 146 Å². The Hall–Kier alpha value is -2.12. The molecule has 138 valence electrons.